The molecule has 0 aliphatic carbocycles. The van der Waals surface area contributed by atoms with Gasteiger partial charge >= 0.3 is 0 Å². The van der Waals surface area contributed by atoms with Crippen LogP contribution in [0.1, 0.15) is 17.4 Å². The first-order valence-electron chi connectivity index (χ1n) is 5.42. The van der Waals surface area contributed by atoms with Gasteiger partial charge in [-0.05, 0) is 12.1 Å². The molecule has 0 spiro atoms. The van der Waals surface area contributed by atoms with Crippen LogP contribution in [0.4, 0.5) is 5.82 Å². The zero-order valence-electron chi connectivity index (χ0n) is 9.38. The van der Waals surface area contributed by atoms with Crippen LogP contribution in [0.25, 0.3) is 0 Å². The number of nitrogens with zero attached hydrogens (tertiary/aromatic N) is 2. The normalized spacial score (nSPS) is 17.2. The molecule has 6 nitrogen and oxygen atoms in total. The Morgan fingerprint density at radius 2 is 2.17 bits per heavy atom. The second-order valence-electron chi connectivity index (χ2n) is 3.87. The van der Waals surface area contributed by atoms with Crippen LogP contribution in [-0.4, -0.2) is 16.8 Å². The number of H-pyrrole nitrogens is 1. The van der Waals surface area contributed by atoms with Crippen molar-refractivity contribution in [3.05, 3.63) is 35.5 Å². The third kappa shape index (κ3) is 1.53. The molecule has 0 fully saturated rings. The molecule has 6 heteroatoms. The molecular weight excluding hydrogens is 232 g/mol. The van der Waals surface area contributed by atoms with Crippen LogP contribution in [0.2, 0.25) is 0 Å². The monoisotopic (exact) mass is 242 g/mol. The van der Waals surface area contributed by atoms with Crippen molar-refractivity contribution in [2.45, 2.75) is 6.10 Å². The number of aromatic nitrogens is 2. The number of nitrogen functional groups attached to an aromatic ring is 1. The number of anilines is 1. The highest BCUT2D eigenvalue weighted by atomic mass is 16.6. The molecule has 1 aromatic heterocycles. The Hall–Kier alpha value is -2.68. The average Bonchev–Trinajstić information content (AvgIpc) is 2.79. The molecule has 1 aliphatic heterocycles. The SMILES string of the molecule is N#Cc1c(C2COc3ccccc3O2)n[nH]c1N. The van der Waals surface area contributed by atoms with Gasteiger partial charge in [0, 0.05) is 0 Å². The minimum Gasteiger partial charge on any atom is -0.485 e. The largest absolute Gasteiger partial charge is 0.485 e. The van der Waals surface area contributed by atoms with Gasteiger partial charge in [0.1, 0.15) is 29.8 Å². The Bertz CT molecular complexity index is 629. The fourth-order valence-electron chi connectivity index (χ4n) is 1.87. The van der Waals surface area contributed by atoms with Gasteiger partial charge in [-0.3, -0.25) is 5.10 Å². The fraction of sp³-hybridized carbons (Fsp3) is 0.167. The van der Waals surface area contributed by atoms with Crippen LogP contribution in [0.5, 0.6) is 11.5 Å². The summed E-state index contributed by atoms with van der Waals surface area (Å²) in [6, 6.07) is 9.38. The van der Waals surface area contributed by atoms with Crippen molar-refractivity contribution >= 4 is 5.82 Å². The Morgan fingerprint density at radius 3 is 2.94 bits per heavy atom. The second kappa shape index (κ2) is 3.96. The van der Waals surface area contributed by atoms with Gasteiger partial charge in [-0.2, -0.15) is 10.4 Å². The summed E-state index contributed by atoms with van der Waals surface area (Å²) in [7, 11) is 0. The van der Waals surface area contributed by atoms with Crippen LogP contribution >= 0.6 is 0 Å². The maximum absolute atomic E-state index is 9.03. The highest BCUT2D eigenvalue weighted by molar-refractivity contribution is 5.52. The molecule has 1 unspecified atom stereocenters. The van der Waals surface area contributed by atoms with Crippen molar-refractivity contribution in [3.8, 4) is 17.6 Å². The van der Waals surface area contributed by atoms with E-state index in [0.29, 0.717) is 29.4 Å². The van der Waals surface area contributed by atoms with Gasteiger partial charge in [0.25, 0.3) is 0 Å². The van der Waals surface area contributed by atoms with E-state index in [1.807, 2.05) is 30.3 Å². The summed E-state index contributed by atoms with van der Waals surface area (Å²) in [5, 5.41) is 15.6. The van der Waals surface area contributed by atoms with Gasteiger partial charge in [0.05, 0.1) is 0 Å². The molecule has 0 radical (unpaired) electrons. The molecule has 2 aromatic rings. The average molecular weight is 242 g/mol. The van der Waals surface area contributed by atoms with E-state index >= 15 is 0 Å². The van der Waals surface area contributed by atoms with Crippen LogP contribution in [0.15, 0.2) is 24.3 Å². The standard InChI is InChI=1S/C12H10N4O2/c13-5-7-11(15-16-12(7)14)10-6-17-8-3-1-2-4-9(8)18-10/h1-4,10H,6H2,(H3,14,15,16). The summed E-state index contributed by atoms with van der Waals surface area (Å²) < 4.78 is 11.3. The molecule has 2 heterocycles. The predicted molar refractivity (Wildman–Crippen MR) is 63.0 cm³/mol. The van der Waals surface area contributed by atoms with Crippen molar-refractivity contribution < 1.29 is 9.47 Å². The molecule has 0 bridgehead atoms. The number of benzene rings is 1. The molecular formula is C12H10N4O2. The quantitative estimate of drug-likeness (QED) is 0.787. The number of hydrogen-bond acceptors (Lipinski definition) is 5. The highest BCUT2D eigenvalue weighted by Gasteiger charge is 2.27. The van der Waals surface area contributed by atoms with Crippen LogP contribution in [0, 0.1) is 11.3 Å². The van der Waals surface area contributed by atoms with Gasteiger partial charge in [0.15, 0.2) is 17.6 Å². The van der Waals surface area contributed by atoms with E-state index in [2.05, 4.69) is 10.2 Å². The lowest BCUT2D eigenvalue weighted by Crippen LogP contribution is -2.22. The first-order chi connectivity index (χ1) is 8.79. The Morgan fingerprint density at radius 1 is 1.39 bits per heavy atom. The minimum absolute atomic E-state index is 0.245. The highest BCUT2D eigenvalue weighted by Crippen LogP contribution is 2.36. The lowest BCUT2D eigenvalue weighted by atomic mass is 10.1. The third-order valence-corrected chi connectivity index (χ3v) is 2.75. The molecule has 1 atom stereocenters. The summed E-state index contributed by atoms with van der Waals surface area (Å²) >= 11 is 0. The number of ether oxygens (including phenoxy) is 2. The molecule has 0 saturated carbocycles. The van der Waals surface area contributed by atoms with Gasteiger partial charge in [-0.25, -0.2) is 0 Å². The molecule has 3 rings (SSSR count). The van der Waals surface area contributed by atoms with Gasteiger partial charge in [-0.15, -0.1) is 0 Å². The van der Waals surface area contributed by atoms with Crippen LogP contribution in [-0.2, 0) is 0 Å². The predicted octanol–water partition coefficient (Wildman–Crippen LogP) is 1.38. The molecule has 90 valence electrons. The van der Waals surface area contributed by atoms with E-state index in [1.54, 1.807) is 0 Å². The topological polar surface area (TPSA) is 97.0 Å². The number of hydrogen-bond donors (Lipinski definition) is 2. The zero-order valence-corrected chi connectivity index (χ0v) is 9.38. The molecule has 0 saturated heterocycles. The van der Waals surface area contributed by atoms with E-state index in [-0.39, 0.29) is 5.82 Å². The van der Waals surface area contributed by atoms with E-state index < -0.39 is 6.10 Å². The Kier molecular flexibility index (Phi) is 2.31. The summed E-state index contributed by atoms with van der Waals surface area (Å²) in [6.45, 7) is 0.302. The number of rotatable bonds is 1. The molecule has 18 heavy (non-hydrogen) atoms. The van der Waals surface area contributed by atoms with Crippen LogP contribution < -0.4 is 15.2 Å². The Labute approximate surface area is 103 Å². The summed E-state index contributed by atoms with van der Waals surface area (Å²) in [5.74, 6) is 1.57. The number of nitriles is 1. The molecule has 1 aromatic carbocycles. The van der Waals surface area contributed by atoms with E-state index in [4.69, 9.17) is 20.5 Å². The fourth-order valence-corrected chi connectivity index (χ4v) is 1.87. The lowest BCUT2D eigenvalue weighted by Gasteiger charge is -2.25. The van der Waals surface area contributed by atoms with Gasteiger partial charge < -0.3 is 15.2 Å². The van der Waals surface area contributed by atoms with Crippen molar-refractivity contribution in [2.24, 2.45) is 0 Å². The van der Waals surface area contributed by atoms with E-state index in [9.17, 15) is 0 Å². The summed E-state index contributed by atoms with van der Waals surface area (Å²) in [6.07, 6.45) is -0.428. The lowest BCUT2D eigenvalue weighted by molar-refractivity contribution is 0.0881. The summed E-state index contributed by atoms with van der Waals surface area (Å²) in [5.41, 5.74) is 6.40. The van der Waals surface area contributed by atoms with Crippen molar-refractivity contribution in [1.29, 1.82) is 5.26 Å². The number of fused-ring (bicyclic) bond motifs is 1. The minimum atomic E-state index is -0.428. The smallest absolute Gasteiger partial charge is 0.178 e. The maximum atomic E-state index is 9.03. The third-order valence-electron chi connectivity index (χ3n) is 2.75. The maximum Gasteiger partial charge on any atom is 0.178 e. The molecule has 3 N–H and O–H groups in total. The van der Waals surface area contributed by atoms with Gasteiger partial charge in [-0.1, -0.05) is 12.1 Å². The number of nitrogens with two attached hydrogens (primary N) is 1. The van der Waals surface area contributed by atoms with Crippen LogP contribution in [0.3, 0.4) is 0 Å². The molecule has 0 amide bonds. The number of nitrogens with one attached hydrogen (secondary N) is 1. The molecule has 1 aliphatic rings. The van der Waals surface area contributed by atoms with Crippen molar-refractivity contribution in [3.63, 3.8) is 0 Å². The van der Waals surface area contributed by atoms with Gasteiger partial charge in [0.2, 0.25) is 0 Å². The first kappa shape index (κ1) is 10.5. The first-order valence-corrected chi connectivity index (χ1v) is 5.42. The van der Waals surface area contributed by atoms with E-state index in [1.165, 1.54) is 0 Å². The second-order valence-corrected chi connectivity index (χ2v) is 3.87. The van der Waals surface area contributed by atoms with Crippen molar-refractivity contribution in [2.75, 3.05) is 12.3 Å². The number of aromatic amines is 1. The summed E-state index contributed by atoms with van der Waals surface area (Å²) in [4.78, 5) is 0. The number of para-hydroxylation sites is 2. The van der Waals surface area contributed by atoms with Crippen molar-refractivity contribution in [1.82, 2.24) is 10.2 Å². The Balaban J connectivity index is 1.95. The zero-order chi connectivity index (χ0) is 12.5. The van der Waals surface area contributed by atoms with E-state index in [0.717, 1.165) is 0 Å².